The van der Waals surface area contributed by atoms with Gasteiger partial charge in [-0.1, -0.05) is 11.6 Å². The van der Waals surface area contributed by atoms with Crippen molar-refractivity contribution in [3.05, 3.63) is 28.1 Å². The standard InChI is InChI=1S/C12H7ClF3NO3S/c1-20-10(18)9-8(17-11(19)12(14,15)16)6-4-5(13)2-3-7(6)21-9/h2-4H,1H3,(H,17,19). The van der Waals surface area contributed by atoms with Crippen LogP contribution in [-0.4, -0.2) is 25.2 Å². The second-order valence-electron chi connectivity index (χ2n) is 3.89. The van der Waals surface area contributed by atoms with Crippen LogP contribution < -0.4 is 5.32 Å². The maximum atomic E-state index is 12.4. The van der Waals surface area contributed by atoms with Gasteiger partial charge in [-0.2, -0.15) is 13.2 Å². The molecule has 0 saturated carbocycles. The maximum absolute atomic E-state index is 12.4. The number of benzene rings is 1. The Hall–Kier alpha value is -1.80. The van der Waals surface area contributed by atoms with Crippen molar-refractivity contribution in [1.82, 2.24) is 0 Å². The summed E-state index contributed by atoms with van der Waals surface area (Å²) in [6.07, 6.45) is -5.07. The third-order valence-corrected chi connectivity index (χ3v) is 3.90. The van der Waals surface area contributed by atoms with E-state index in [1.54, 1.807) is 5.32 Å². The number of anilines is 1. The van der Waals surface area contributed by atoms with Crippen molar-refractivity contribution in [2.45, 2.75) is 6.18 Å². The molecule has 0 saturated heterocycles. The number of halogens is 4. The number of methoxy groups -OCH3 is 1. The Labute approximate surface area is 125 Å². The molecule has 0 atom stereocenters. The predicted molar refractivity (Wildman–Crippen MR) is 72.9 cm³/mol. The van der Waals surface area contributed by atoms with Gasteiger partial charge in [-0.15, -0.1) is 11.3 Å². The van der Waals surface area contributed by atoms with Crippen molar-refractivity contribution in [1.29, 1.82) is 0 Å². The van der Waals surface area contributed by atoms with Crippen LogP contribution >= 0.6 is 22.9 Å². The van der Waals surface area contributed by atoms with Crippen molar-refractivity contribution in [3.8, 4) is 0 Å². The van der Waals surface area contributed by atoms with Crippen molar-refractivity contribution < 1.29 is 27.5 Å². The van der Waals surface area contributed by atoms with Gasteiger partial charge in [0.25, 0.3) is 0 Å². The second-order valence-corrected chi connectivity index (χ2v) is 5.38. The lowest BCUT2D eigenvalue weighted by Crippen LogP contribution is -2.30. The number of rotatable bonds is 2. The molecule has 0 bridgehead atoms. The fraction of sp³-hybridized carbons (Fsp3) is 0.167. The van der Waals surface area contributed by atoms with Crippen molar-refractivity contribution in [3.63, 3.8) is 0 Å². The van der Waals surface area contributed by atoms with E-state index in [1.807, 2.05) is 0 Å². The first-order valence-corrected chi connectivity index (χ1v) is 6.62. The maximum Gasteiger partial charge on any atom is 0.471 e. The number of carbonyl (C=O) groups excluding carboxylic acids is 2. The smallest absolute Gasteiger partial charge is 0.465 e. The number of carbonyl (C=O) groups is 2. The van der Waals surface area contributed by atoms with Crippen LogP contribution in [0.4, 0.5) is 18.9 Å². The Morgan fingerprint density at radius 2 is 2.00 bits per heavy atom. The zero-order valence-corrected chi connectivity index (χ0v) is 11.9. The predicted octanol–water partition coefficient (Wildman–Crippen LogP) is 3.84. The molecule has 1 heterocycles. The highest BCUT2D eigenvalue weighted by Gasteiger charge is 2.39. The summed E-state index contributed by atoms with van der Waals surface area (Å²) in [6, 6.07) is 4.43. The second kappa shape index (κ2) is 5.53. The lowest BCUT2D eigenvalue weighted by Gasteiger charge is -2.08. The van der Waals surface area contributed by atoms with Crippen LogP contribution in [0, 0.1) is 0 Å². The van der Waals surface area contributed by atoms with Gasteiger partial charge in [-0.3, -0.25) is 4.79 Å². The van der Waals surface area contributed by atoms with Gasteiger partial charge in [-0.05, 0) is 18.2 Å². The lowest BCUT2D eigenvalue weighted by molar-refractivity contribution is -0.167. The largest absolute Gasteiger partial charge is 0.471 e. The van der Waals surface area contributed by atoms with E-state index in [4.69, 9.17) is 11.6 Å². The van der Waals surface area contributed by atoms with E-state index in [0.29, 0.717) is 4.70 Å². The molecule has 1 N–H and O–H groups in total. The molecule has 0 aliphatic carbocycles. The first-order valence-electron chi connectivity index (χ1n) is 5.42. The molecule has 9 heteroatoms. The zero-order chi connectivity index (χ0) is 15.8. The van der Waals surface area contributed by atoms with Gasteiger partial charge in [0.1, 0.15) is 4.88 Å². The molecule has 112 valence electrons. The summed E-state index contributed by atoms with van der Waals surface area (Å²) in [6.45, 7) is 0. The molecule has 0 spiro atoms. The quantitative estimate of drug-likeness (QED) is 0.847. The highest BCUT2D eigenvalue weighted by Crippen LogP contribution is 2.38. The van der Waals surface area contributed by atoms with Crippen molar-refractivity contribution >= 4 is 50.6 Å². The van der Waals surface area contributed by atoms with Gasteiger partial charge in [0, 0.05) is 15.1 Å². The van der Waals surface area contributed by atoms with Gasteiger partial charge >= 0.3 is 18.1 Å². The topological polar surface area (TPSA) is 55.4 Å². The van der Waals surface area contributed by atoms with E-state index in [-0.39, 0.29) is 21.0 Å². The van der Waals surface area contributed by atoms with Crippen LogP contribution in [0.15, 0.2) is 18.2 Å². The number of hydrogen-bond acceptors (Lipinski definition) is 4. The summed E-state index contributed by atoms with van der Waals surface area (Å²) in [4.78, 5) is 22.6. The number of alkyl halides is 3. The molecule has 0 fully saturated rings. The van der Waals surface area contributed by atoms with Crippen molar-refractivity contribution in [2.75, 3.05) is 12.4 Å². The minimum atomic E-state index is -5.07. The average Bonchev–Trinajstić information content (AvgIpc) is 2.75. The molecule has 21 heavy (non-hydrogen) atoms. The zero-order valence-electron chi connectivity index (χ0n) is 10.4. The Morgan fingerprint density at radius 3 is 2.57 bits per heavy atom. The van der Waals surface area contributed by atoms with Crippen LogP contribution in [0.5, 0.6) is 0 Å². The highest BCUT2D eigenvalue weighted by molar-refractivity contribution is 7.21. The Bertz CT molecular complexity index is 726. The van der Waals surface area contributed by atoms with Crippen LogP contribution in [0.3, 0.4) is 0 Å². The molecule has 0 radical (unpaired) electrons. The number of thiophene rings is 1. The molecule has 1 aromatic heterocycles. The third kappa shape index (κ3) is 3.11. The molecule has 2 aromatic rings. The summed E-state index contributed by atoms with van der Waals surface area (Å²) in [5.74, 6) is -3.02. The average molecular weight is 338 g/mol. The molecule has 4 nitrogen and oxygen atoms in total. The molecule has 0 unspecified atom stereocenters. The van der Waals surface area contributed by atoms with Crippen LogP contribution in [0.1, 0.15) is 9.67 Å². The molecule has 2 rings (SSSR count). The van der Waals surface area contributed by atoms with E-state index >= 15 is 0 Å². The number of nitrogens with one attached hydrogen (secondary N) is 1. The Kier molecular flexibility index (Phi) is 4.11. The van der Waals surface area contributed by atoms with Crippen LogP contribution in [0.25, 0.3) is 10.1 Å². The van der Waals surface area contributed by atoms with E-state index in [0.717, 1.165) is 18.4 Å². The Balaban J connectivity index is 2.59. The minimum Gasteiger partial charge on any atom is -0.465 e. The third-order valence-electron chi connectivity index (χ3n) is 2.52. The SMILES string of the molecule is COC(=O)c1sc2ccc(Cl)cc2c1NC(=O)C(F)(F)F. The molecule has 1 aromatic carbocycles. The number of esters is 1. The van der Waals surface area contributed by atoms with Gasteiger partial charge < -0.3 is 10.1 Å². The number of amides is 1. The van der Waals surface area contributed by atoms with E-state index < -0.39 is 18.1 Å². The summed E-state index contributed by atoms with van der Waals surface area (Å²) in [5.41, 5.74) is -0.258. The number of fused-ring (bicyclic) bond motifs is 1. The molecule has 1 amide bonds. The fourth-order valence-corrected chi connectivity index (χ4v) is 2.84. The lowest BCUT2D eigenvalue weighted by atomic mass is 10.2. The summed E-state index contributed by atoms with van der Waals surface area (Å²) < 4.78 is 42.2. The Morgan fingerprint density at radius 1 is 1.33 bits per heavy atom. The summed E-state index contributed by atoms with van der Waals surface area (Å²) in [7, 11) is 1.09. The summed E-state index contributed by atoms with van der Waals surface area (Å²) in [5, 5.41) is 2.21. The first kappa shape index (κ1) is 15.6. The van der Waals surface area contributed by atoms with Gasteiger partial charge in [0.2, 0.25) is 0 Å². The van der Waals surface area contributed by atoms with E-state index in [1.165, 1.54) is 18.2 Å². The van der Waals surface area contributed by atoms with E-state index in [9.17, 15) is 22.8 Å². The van der Waals surface area contributed by atoms with Gasteiger partial charge in [0.05, 0.1) is 12.8 Å². The first-order chi connectivity index (χ1) is 9.74. The normalized spacial score (nSPS) is 11.5. The van der Waals surface area contributed by atoms with Crippen LogP contribution in [-0.2, 0) is 9.53 Å². The highest BCUT2D eigenvalue weighted by atomic mass is 35.5. The number of hydrogen-bond donors (Lipinski definition) is 1. The summed E-state index contributed by atoms with van der Waals surface area (Å²) >= 11 is 6.70. The minimum absolute atomic E-state index is 0.132. The monoisotopic (exact) mass is 337 g/mol. The molecular weight excluding hydrogens is 331 g/mol. The molecular formula is C12H7ClF3NO3S. The van der Waals surface area contributed by atoms with Crippen molar-refractivity contribution in [2.24, 2.45) is 0 Å². The molecule has 0 aliphatic rings. The molecule has 0 aliphatic heterocycles. The number of ether oxygens (including phenoxy) is 1. The van der Waals surface area contributed by atoms with Gasteiger partial charge in [0.15, 0.2) is 0 Å². The fourth-order valence-electron chi connectivity index (χ4n) is 1.61. The van der Waals surface area contributed by atoms with E-state index in [2.05, 4.69) is 4.74 Å². The van der Waals surface area contributed by atoms with Gasteiger partial charge in [-0.25, -0.2) is 4.79 Å². The van der Waals surface area contributed by atoms with Crippen LogP contribution in [0.2, 0.25) is 5.02 Å².